The number of nitrogens with two attached hydrogens (primary N) is 1. The zero-order valence-electron chi connectivity index (χ0n) is 11.0. The van der Waals surface area contributed by atoms with E-state index >= 15 is 0 Å². The van der Waals surface area contributed by atoms with Gasteiger partial charge in [0.1, 0.15) is 5.75 Å². The quantitative estimate of drug-likeness (QED) is 0.898. The summed E-state index contributed by atoms with van der Waals surface area (Å²) in [6.45, 7) is 1.74. The first-order chi connectivity index (χ1) is 9.26. The van der Waals surface area contributed by atoms with Crippen molar-refractivity contribution in [2.75, 3.05) is 6.26 Å². The third-order valence-electron chi connectivity index (χ3n) is 2.40. The zero-order valence-corrected chi connectivity index (χ0v) is 12.6. The normalized spacial score (nSPS) is 13.4. The Balaban J connectivity index is 2.48. The van der Waals surface area contributed by atoms with Crippen LogP contribution in [0.15, 0.2) is 18.3 Å². The summed E-state index contributed by atoms with van der Waals surface area (Å²) < 4.78 is 24.1. The van der Waals surface area contributed by atoms with E-state index in [-0.39, 0.29) is 11.6 Å². The lowest BCUT2D eigenvalue weighted by atomic mass is 10.3. The molecule has 0 radical (unpaired) electrons. The van der Waals surface area contributed by atoms with Crippen LogP contribution in [-0.4, -0.2) is 34.4 Å². The maximum absolute atomic E-state index is 11.3. The van der Waals surface area contributed by atoms with E-state index in [0.717, 1.165) is 6.26 Å². The number of hydrogen-bond donors (Lipinski definition) is 1. The van der Waals surface area contributed by atoms with E-state index in [0.29, 0.717) is 16.7 Å². The van der Waals surface area contributed by atoms with Gasteiger partial charge in [0, 0.05) is 12.5 Å². The van der Waals surface area contributed by atoms with E-state index in [9.17, 15) is 8.42 Å². The molecule has 2 heterocycles. The van der Waals surface area contributed by atoms with Crippen LogP contribution in [0.1, 0.15) is 24.6 Å². The largest absolute Gasteiger partial charge is 0.322 e. The molecule has 0 aliphatic rings. The van der Waals surface area contributed by atoms with Gasteiger partial charge < -0.3 is 5.73 Å². The summed E-state index contributed by atoms with van der Waals surface area (Å²) in [5, 5.41) is 4.65. The van der Waals surface area contributed by atoms with Crippen molar-refractivity contribution in [2.24, 2.45) is 5.73 Å². The van der Waals surface area contributed by atoms with E-state index in [2.05, 4.69) is 15.1 Å². The van der Waals surface area contributed by atoms with Gasteiger partial charge >= 0.3 is 0 Å². The minimum Gasteiger partial charge on any atom is -0.322 e. The van der Waals surface area contributed by atoms with E-state index in [1.54, 1.807) is 19.1 Å². The van der Waals surface area contributed by atoms with Gasteiger partial charge in [-0.25, -0.2) is 18.4 Å². The lowest BCUT2D eigenvalue weighted by Gasteiger charge is -2.06. The number of hydrogen-bond acceptors (Lipinski definition) is 6. The maximum atomic E-state index is 11.3. The van der Waals surface area contributed by atoms with Gasteiger partial charge in [-0.1, -0.05) is 11.6 Å². The van der Waals surface area contributed by atoms with Gasteiger partial charge in [-0.15, -0.1) is 5.10 Å². The van der Waals surface area contributed by atoms with Crippen molar-refractivity contribution in [1.29, 1.82) is 0 Å². The predicted molar refractivity (Wildman–Crippen MR) is 75.3 cm³/mol. The maximum Gasteiger partial charge on any atom is 0.166 e. The Morgan fingerprint density at radius 3 is 2.65 bits per heavy atom. The summed E-state index contributed by atoms with van der Waals surface area (Å²) in [5.74, 6) is 0.872. The van der Waals surface area contributed by atoms with Crippen molar-refractivity contribution in [3.63, 3.8) is 0 Å². The van der Waals surface area contributed by atoms with Crippen LogP contribution in [0.2, 0.25) is 5.02 Å². The summed E-state index contributed by atoms with van der Waals surface area (Å²) in [4.78, 5) is 8.29. The molecule has 0 amide bonds. The highest BCUT2D eigenvalue weighted by Gasteiger charge is 2.18. The van der Waals surface area contributed by atoms with Gasteiger partial charge in [-0.05, 0) is 19.1 Å². The molecule has 2 aromatic heterocycles. The van der Waals surface area contributed by atoms with Gasteiger partial charge in [-0.2, -0.15) is 4.68 Å². The van der Waals surface area contributed by atoms with Crippen LogP contribution in [0, 0.1) is 0 Å². The highest BCUT2D eigenvalue weighted by molar-refractivity contribution is 7.89. The molecule has 0 aliphatic carbocycles. The van der Waals surface area contributed by atoms with Gasteiger partial charge in [-0.3, -0.25) is 0 Å². The van der Waals surface area contributed by atoms with Gasteiger partial charge in [0.05, 0.1) is 11.1 Å². The zero-order chi connectivity index (χ0) is 14.9. The molecule has 0 saturated carbocycles. The Labute approximate surface area is 121 Å². The Morgan fingerprint density at radius 1 is 1.45 bits per heavy atom. The Kier molecular flexibility index (Phi) is 4.07. The summed E-state index contributed by atoms with van der Waals surface area (Å²) in [7, 11) is -3.22. The average molecular weight is 316 g/mol. The highest BCUT2D eigenvalue weighted by Crippen LogP contribution is 2.15. The van der Waals surface area contributed by atoms with Gasteiger partial charge in [0.2, 0.25) is 0 Å². The summed E-state index contributed by atoms with van der Waals surface area (Å²) in [6, 6.07) is 2.91. The van der Waals surface area contributed by atoms with Crippen LogP contribution in [0.5, 0.6) is 0 Å². The Hall–Kier alpha value is -1.51. The first-order valence-electron chi connectivity index (χ1n) is 5.77. The SMILES string of the molecule is CC(N)c1nc(CS(C)(=O)=O)nn1-c1ccc(Cl)cn1. The second-order valence-electron chi connectivity index (χ2n) is 4.49. The summed E-state index contributed by atoms with van der Waals surface area (Å²) in [6.07, 6.45) is 2.60. The molecular weight excluding hydrogens is 302 g/mol. The molecular formula is C11H14ClN5O2S. The minimum absolute atomic E-state index is 0.191. The van der Waals surface area contributed by atoms with Crippen LogP contribution >= 0.6 is 11.6 Å². The fraction of sp³-hybridized carbons (Fsp3) is 0.364. The van der Waals surface area contributed by atoms with Crippen LogP contribution in [-0.2, 0) is 15.6 Å². The number of nitrogens with zero attached hydrogens (tertiary/aromatic N) is 4. The van der Waals surface area contributed by atoms with Crippen LogP contribution in [0.3, 0.4) is 0 Å². The molecule has 0 aromatic carbocycles. The molecule has 0 bridgehead atoms. The number of aromatic nitrogens is 4. The van der Waals surface area contributed by atoms with Crippen molar-refractivity contribution >= 4 is 21.4 Å². The first-order valence-corrected chi connectivity index (χ1v) is 8.21. The van der Waals surface area contributed by atoms with Crippen molar-refractivity contribution < 1.29 is 8.42 Å². The molecule has 2 rings (SSSR count). The highest BCUT2D eigenvalue weighted by atomic mass is 35.5. The first kappa shape index (κ1) is 14.9. The van der Waals surface area contributed by atoms with Crippen LogP contribution < -0.4 is 5.73 Å². The third-order valence-corrected chi connectivity index (χ3v) is 3.41. The second kappa shape index (κ2) is 5.47. The lowest BCUT2D eigenvalue weighted by Crippen LogP contribution is -2.14. The third kappa shape index (κ3) is 3.53. The molecule has 1 unspecified atom stereocenters. The smallest absolute Gasteiger partial charge is 0.166 e. The monoisotopic (exact) mass is 315 g/mol. The molecule has 20 heavy (non-hydrogen) atoms. The number of rotatable bonds is 4. The van der Waals surface area contributed by atoms with Crippen LogP contribution in [0.4, 0.5) is 0 Å². The van der Waals surface area contributed by atoms with Crippen molar-refractivity contribution in [2.45, 2.75) is 18.7 Å². The number of pyridine rings is 1. The Morgan fingerprint density at radius 2 is 2.15 bits per heavy atom. The molecule has 0 aliphatic heterocycles. The topological polar surface area (TPSA) is 104 Å². The molecule has 108 valence electrons. The standard InChI is InChI=1S/C11H14ClN5O2S/c1-7(13)11-15-9(6-20(2,18)19)16-17(11)10-4-3-8(12)5-14-10/h3-5,7H,6,13H2,1-2H3. The van der Waals surface area contributed by atoms with Crippen molar-refractivity contribution in [3.05, 3.63) is 35.0 Å². The molecule has 0 fully saturated rings. The number of halogens is 1. The molecule has 2 N–H and O–H groups in total. The van der Waals surface area contributed by atoms with Crippen molar-refractivity contribution in [3.8, 4) is 5.82 Å². The second-order valence-corrected chi connectivity index (χ2v) is 7.07. The summed E-state index contributed by atoms with van der Waals surface area (Å²) in [5.41, 5.74) is 5.83. The molecule has 2 aromatic rings. The lowest BCUT2D eigenvalue weighted by molar-refractivity contribution is 0.599. The minimum atomic E-state index is -3.22. The van der Waals surface area contributed by atoms with E-state index in [1.165, 1.54) is 10.9 Å². The van der Waals surface area contributed by atoms with Gasteiger partial charge in [0.15, 0.2) is 27.3 Å². The van der Waals surface area contributed by atoms with Crippen LogP contribution in [0.25, 0.3) is 5.82 Å². The fourth-order valence-corrected chi connectivity index (χ4v) is 2.32. The average Bonchev–Trinajstić information content (AvgIpc) is 2.71. The predicted octanol–water partition coefficient (Wildman–Crippen LogP) is 0.880. The van der Waals surface area contributed by atoms with E-state index < -0.39 is 15.9 Å². The van der Waals surface area contributed by atoms with E-state index in [4.69, 9.17) is 17.3 Å². The number of sulfone groups is 1. The van der Waals surface area contributed by atoms with Crippen molar-refractivity contribution in [1.82, 2.24) is 19.7 Å². The molecule has 9 heteroatoms. The molecule has 0 saturated heterocycles. The fourth-order valence-electron chi connectivity index (χ4n) is 1.62. The Bertz CT molecular complexity index is 709. The summed E-state index contributed by atoms with van der Waals surface area (Å²) >= 11 is 5.78. The van der Waals surface area contributed by atoms with Gasteiger partial charge in [0.25, 0.3) is 0 Å². The van der Waals surface area contributed by atoms with E-state index in [1.807, 2.05) is 0 Å². The molecule has 0 spiro atoms. The molecule has 7 nitrogen and oxygen atoms in total. The molecule has 1 atom stereocenters.